The van der Waals surface area contributed by atoms with Crippen molar-refractivity contribution in [3.05, 3.63) is 96.1 Å². The van der Waals surface area contributed by atoms with E-state index in [0.29, 0.717) is 12.2 Å². The van der Waals surface area contributed by atoms with Crippen molar-refractivity contribution in [3.8, 4) is 5.75 Å². The van der Waals surface area contributed by atoms with Gasteiger partial charge in [0.2, 0.25) is 5.91 Å². The molecule has 152 valence electrons. The first kappa shape index (κ1) is 19.7. The van der Waals surface area contributed by atoms with Crippen molar-refractivity contribution < 1.29 is 14.3 Å². The molecule has 0 saturated carbocycles. The molecule has 0 aliphatic carbocycles. The van der Waals surface area contributed by atoms with Gasteiger partial charge in [-0.25, -0.2) is 0 Å². The quantitative estimate of drug-likeness (QED) is 0.650. The van der Waals surface area contributed by atoms with Crippen molar-refractivity contribution in [2.24, 2.45) is 0 Å². The number of nitrogens with zero attached hydrogens (tertiary/aromatic N) is 1. The molecule has 0 radical (unpaired) electrons. The van der Waals surface area contributed by atoms with Crippen molar-refractivity contribution >= 4 is 17.5 Å². The lowest BCUT2D eigenvalue weighted by Gasteiger charge is -2.20. The van der Waals surface area contributed by atoms with Gasteiger partial charge in [-0.05, 0) is 41.8 Å². The van der Waals surface area contributed by atoms with E-state index in [1.165, 1.54) is 0 Å². The minimum atomic E-state index is -0.243. The van der Waals surface area contributed by atoms with Crippen LogP contribution in [0.25, 0.3) is 0 Å². The standard InChI is InChI=1S/C25H24N2O3/c28-23(18-30-22-15-13-21(14-16-22)27-17-7-12-24(27)29)26-25(19-8-3-1-4-9-19)20-10-5-2-6-11-20/h1-6,8-11,13-16,25H,7,12,17-18H2,(H,26,28). The Bertz CT molecular complexity index is 948. The minimum absolute atomic E-state index is 0.0852. The Kier molecular flexibility index (Phi) is 6.09. The molecule has 0 aromatic heterocycles. The molecule has 5 heteroatoms. The van der Waals surface area contributed by atoms with Gasteiger partial charge in [0.15, 0.2) is 6.61 Å². The zero-order valence-electron chi connectivity index (χ0n) is 16.7. The number of hydrogen-bond donors (Lipinski definition) is 1. The van der Waals surface area contributed by atoms with Gasteiger partial charge in [0.1, 0.15) is 5.75 Å². The molecule has 0 bridgehead atoms. The molecule has 1 aliphatic rings. The molecule has 5 nitrogen and oxygen atoms in total. The Morgan fingerprint density at radius 1 is 0.900 bits per heavy atom. The van der Waals surface area contributed by atoms with E-state index < -0.39 is 0 Å². The summed E-state index contributed by atoms with van der Waals surface area (Å²) in [4.78, 5) is 26.2. The fourth-order valence-electron chi connectivity index (χ4n) is 3.65. The first-order valence-corrected chi connectivity index (χ1v) is 10.1. The minimum Gasteiger partial charge on any atom is -0.484 e. The molecule has 2 amide bonds. The van der Waals surface area contributed by atoms with Crippen LogP contribution < -0.4 is 15.0 Å². The normalized spacial score (nSPS) is 13.5. The number of amides is 2. The predicted molar refractivity (Wildman–Crippen MR) is 116 cm³/mol. The molecule has 4 rings (SSSR count). The van der Waals surface area contributed by atoms with Crippen molar-refractivity contribution in [2.45, 2.75) is 18.9 Å². The largest absolute Gasteiger partial charge is 0.484 e. The molecular formula is C25H24N2O3. The van der Waals surface area contributed by atoms with Crippen LogP contribution in [-0.2, 0) is 9.59 Å². The molecule has 3 aromatic carbocycles. The molecule has 0 unspecified atom stereocenters. The van der Waals surface area contributed by atoms with E-state index in [9.17, 15) is 9.59 Å². The van der Waals surface area contributed by atoms with Crippen LogP contribution in [0.15, 0.2) is 84.9 Å². The molecule has 1 fully saturated rings. The summed E-state index contributed by atoms with van der Waals surface area (Å²) in [6, 6.07) is 26.8. The summed E-state index contributed by atoms with van der Waals surface area (Å²) in [5.74, 6) is 0.541. The van der Waals surface area contributed by atoms with Crippen LogP contribution in [0.1, 0.15) is 30.0 Å². The molecule has 0 spiro atoms. The molecule has 0 atom stereocenters. The summed E-state index contributed by atoms with van der Waals surface area (Å²) in [6.07, 6.45) is 1.49. The summed E-state index contributed by atoms with van der Waals surface area (Å²) in [5, 5.41) is 3.06. The maximum Gasteiger partial charge on any atom is 0.258 e. The Morgan fingerprint density at radius 3 is 2.03 bits per heavy atom. The average molecular weight is 400 g/mol. The lowest BCUT2D eigenvalue weighted by molar-refractivity contribution is -0.123. The van der Waals surface area contributed by atoms with Gasteiger partial charge in [-0.15, -0.1) is 0 Å². The third-order valence-corrected chi connectivity index (χ3v) is 5.16. The first-order chi connectivity index (χ1) is 14.7. The second-order valence-electron chi connectivity index (χ2n) is 7.25. The smallest absolute Gasteiger partial charge is 0.258 e. The molecule has 1 heterocycles. The average Bonchev–Trinajstić information content (AvgIpc) is 3.23. The van der Waals surface area contributed by atoms with Crippen LogP contribution in [0.5, 0.6) is 5.75 Å². The zero-order valence-corrected chi connectivity index (χ0v) is 16.7. The third-order valence-electron chi connectivity index (χ3n) is 5.16. The highest BCUT2D eigenvalue weighted by atomic mass is 16.5. The van der Waals surface area contributed by atoms with E-state index >= 15 is 0 Å². The zero-order chi connectivity index (χ0) is 20.8. The molecular weight excluding hydrogens is 376 g/mol. The highest BCUT2D eigenvalue weighted by Gasteiger charge is 2.21. The van der Waals surface area contributed by atoms with E-state index in [4.69, 9.17) is 4.74 Å². The number of hydrogen-bond acceptors (Lipinski definition) is 3. The second kappa shape index (κ2) is 9.27. The lowest BCUT2D eigenvalue weighted by atomic mass is 9.99. The SMILES string of the molecule is O=C(COc1ccc(N2CCCC2=O)cc1)NC(c1ccccc1)c1ccccc1. The van der Waals surface area contributed by atoms with Gasteiger partial charge in [-0.1, -0.05) is 60.7 Å². The molecule has 1 saturated heterocycles. The maximum atomic E-state index is 12.6. The monoisotopic (exact) mass is 400 g/mol. The first-order valence-electron chi connectivity index (χ1n) is 10.1. The second-order valence-corrected chi connectivity index (χ2v) is 7.25. The maximum absolute atomic E-state index is 12.6. The molecule has 3 aromatic rings. The Morgan fingerprint density at radius 2 is 1.50 bits per heavy atom. The lowest BCUT2D eigenvalue weighted by Crippen LogP contribution is -2.33. The van der Waals surface area contributed by atoms with Gasteiger partial charge in [-0.2, -0.15) is 0 Å². The van der Waals surface area contributed by atoms with Crippen molar-refractivity contribution in [3.63, 3.8) is 0 Å². The van der Waals surface area contributed by atoms with Crippen LogP contribution in [0, 0.1) is 0 Å². The van der Waals surface area contributed by atoms with Crippen LogP contribution in [0.2, 0.25) is 0 Å². The molecule has 1 N–H and O–H groups in total. The van der Waals surface area contributed by atoms with Crippen molar-refractivity contribution in [2.75, 3.05) is 18.1 Å². The Labute approximate surface area is 176 Å². The van der Waals surface area contributed by atoms with Crippen LogP contribution in [0.4, 0.5) is 5.69 Å². The number of ether oxygens (including phenoxy) is 1. The third kappa shape index (κ3) is 4.69. The van der Waals surface area contributed by atoms with Crippen LogP contribution in [0.3, 0.4) is 0 Å². The summed E-state index contributed by atoms with van der Waals surface area (Å²) < 4.78 is 5.67. The fraction of sp³-hybridized carbons (Fsp3) is 0.200. The summed E-state index contributed by atoms with van der Waals surface area (Å²) in [7, 11) is 0. The van der Waals surface area contributed by atoms with Gasteiger partial charge in [-0.3, -0.25) is 9.59 Å². The number of anilines is 1. The topological polar surface area (TPSA) is 58.6 Å². The van der Waals surface area contributed by atoms with Gasteiger partial charge in [0.05, 0.1) is 6.04 Å². The molecule has 30 heavy (non-hydrogen) atoms. The van der Waals surface area contributed by atoms with Crippen LogP contribution in [-0.4, -0.2) is 25.0 Å². The number of rotatable bonds is 7. The van der Waals surface area contributed by atoms with Crippen molar-refractivity contribution in [1.82, 2.24) is 5.32 Å². The number of carbonyl (C=O) groups excluding carboxylic acids is 2. The van der Waals surface area contributed by atoms with Crippen molar-refractivity contribution in [1.29, 1.82) is 0 Å². The van der Waals surface area contributed by atoms with E-state index in [0.717, 1.165) is 29.8 Å². The van der Waals surface area contributed by atoms with E-state index in [-0.39, 0.29) is 24.5 Å². The fourth-order valence-corrected chi connectivity index (χ4v) is 3.65. The van der Waals surface area contributed by atoms with Gasteiger partial charge < -0.3 is 15.0 Å². The number of nitrogens with one attached hydrogen (secondary N) is 1. The highest BCUT2D eigenvalue weighted by molar-refractivity contribution is 5.95. The van der Waals surface area contributed by atoms with Gasteiger partial charge in [0, 0.05) is 18.7 Å². The van der Waals surface area contributed by atoms with E-state index in [2.05, 4.69) is 5.32 Å². The van der Waals surface area contributed by atoms with Gasteiger partial charge >= 0.3 is 0 Å². The summed E-state index contributed by atoms with van der Waals surface area (Å²) in [5.41, 5.74) is 2.89. The Hall–Kier alpha value is -3.60. The summed E-state index contributed by atoms with van der Waals surface area (Å²) in [6.45, 7) is 0.667. The summed E-state index contributed by atoms with van der Waals surface area (Å²) >= 11 is 0. The Balaban J connectivity index is 1.39. The van der Waals surface area contributed by atoms with Crippen LogP contribution >= 0.6 is 0 Å². The number of carbonyl (C=O) groups is 2. The number of benzene rings is 3. The predicted octanol–water partition coefficient (Wildman–Crippen LogP) is 4.10. The highest BCUT2D eigenvalue weighted by Crippen LogP contribution is 2.24. The molecule has 1 aliphatic heterocycles. The van der Waals surface area contributed by atoms with E-state index in [1.807, 2.05) is 72.8 Å². The van der Waals surface area contributed by atoms with Gasteiger partial charge in [0.25, 0.3) is 5.91 Å². The van der Waals surface area contributed by atoms with E-state index in [1.54, 1.807) is 17.0 Å².